The van der Waals surface area contributed by atoms with Gasteiger partial charge in [-0.1, -0.05) is 36.4 Å². The van der Waals surface area contributed by atoms with Crippen LogP contribution in [0.1, 0.15) is 9.75 Å². The van der Waals surface area contributed by atoms with E-state index in [9.17, 15) is 9.90 Å². The number of fused-ring (bicyclic) bond motifs is 2. The topological polar surface area (TPSA) is 46.5 Å². The highest BCUT2D eigenvalue weighted by molar-refractivity contribution is 7.21. The zero-order valence-corrected chi connectivity index (χ0v) is 14.5. The number of carbonyl (C=O) groups excluding carboxylic acids is 1. The fourth-order valence-electron chi connectivity index (χ4n) is 2.79. The summed E-state index contributed by atoms with van der Waals surface area (Å²) in [5, 5.41) is 13.4. The maximum atomic E-state index is 12.5. The number of carbonyl (C=O) groups is 1. The average molecular weight is 354 g/mol. The molecule has 0 saturated carbocycles. The molecule has 0 fully saturated rings. The fraction of sp³-hybridized carbons (Fsp3) is 0.105. The summed E-state index contributed by atoms with van der Waals surface area (Å²) in [6, 6.07) is 19.4. The summed E-state index contributed by atoms with van der Waals surface area (Å²) in [7, 11) is 1.30. The van der Waals surface area contributed by atoms with Crippen LogP contribution in [0.5, 0.6) is 0 Å². The van der Waals surface area contributed by atoms with E-state index in [1.54, 1.807) is 0 Å². The number of hydrogen-bond donors (Lipinski definition) is 1. The smallest absolute Gasteiger partial charge is 0.349 e. The summed E-state index contributed by atoms with van der Waals surface area (Å²) in [5.74, 6) is -0.666. The summed E-state index contributed by atoms with van der Waals surface area (Å²) in [5.41, 5.74) is -1.79. The van der Waals surface area contributed by atoms with Crippen LogP contribution in [-0.2, 0) is 15.1 Å². The summed E-state index contributed by atoms with van der Waals surface area (Å²) < 4.78 is 6.99. The average Bonchev–Trinajstić information content (AvgIpc) is 3.24. The van der Waals surface area contributed by atoms with Gasteiger partial charge < -0.3 is 9.84 Å². The molecule has 0 bridgehead atoms. The minimum Gasteiger partial charge on any atom is -0.466 e. The van der Waals surface area contributed by atoms with Gasteiger partial charge in [-0.2, -0.15) is 0 Å². The molecule has 4 aromatic rings. The summed E-state index contributed by atoms with van der Waals surface area (Å²) in [4.78, 5) is 13.7. The van der Waals surface area contributed by atoms with Gasteiger partial charge in [-0.3, -0.25) is 0 Å². The van der Waals surface area contributed by atoms with E-state index in [0.29, 0.717) is 9.75 Å². The van der Waals surface area contributed by atoms with Crippen molar-refractivity contribution in [1.82, 2.24) is 0 Å². The van der Waals surface area contributed by atoms with Gasteiger partial charge in [0.1, 0.15) is 0 Å². The van der Waals surface area contributed by atoms with E-state index in [1.165, 1.54) is 29.8 Å². The fourth-order valence-corrected chi connectivity index (χ4v) is 5.17. The highest BCUT2D eigenvalue weighted by Crippen LogP contribution is 2.42. The van der Waals surface area contributed by atoms with E-state index in [4.69, 9.17) is 4.74 Å². The first-order valence-corrected chi connectivity index (χ1v) is 9.05. The van der Waals surface area contributed by atoms with Crippen molar-refractivity contribution in [2.24, 2.45) is 0 Å². The van der Waals surface area contributed by atoms with Gasteiger partial charge in [-0.15, -0.1) is 22.7 Å². The quantitative estimate of drug-likeness (QED) is 0.550. The van der Waals surface area contributed by atoms with Crippen LogP contribution in [0.4, 0.5) is 0 Å². The van der Waals surface area contributed by atoms with Crippen molar-refractivity contribution in [1.29, 1.82) is 0 Å². The molecule has 2 aromatic carbocycles. The Morgan fingerprint density at radius 2 is 1.38 bits per heavy atom. The third-order valence-electron chi connectivity index (χ3n) is 4.05. The predicted molar refractivity (Wildman–Crippen MR) is 98.7 cm³/mol. The van der Waals surface area contributed by atoms with Gasteiger partial charge >= 0.3 is 5.97 Å². The number of hydrogen-bond acceptors (Lipinski definition) is 5. The molecule has 0 aliphatic rings. The number of esters is 1. The van der Waals surface area contributed by atoms with E-state index in [0.717, 1.165) is 20.2 Å². The number of aliphatic hydroxyl groups is 1. The molecule has 0 radical (unpaired) electrons. The molecule has 3 nitrogen and oxygen atoms in total. The molecule has 0 saturated heterocycles. The maximum Gasteiger partial charge on any atom is 0.349 e. The van der Waals surface area contributed by atoms with Crippen molar-refractivity contribution in [3.63, 3.8) is 0 Å². The molecule has 1 N–H and O–H groups in total. The summed E-state index contributed by atoms with van der Waals surface area (Å²) >= 11 is 2.82. The van der Waals surface area contributed by atoms with Crippen LogP contribution < -0.4 is 0 Å². The first-order chi connectivity index (χ1) is 11.6. The SMILES string of the molecule is COC(=O)C(O)(c1cc2ccccc2s1)c1cc2ccccc2s1. The molecule has 2 heterocycles. The predicted octanol–water partition coefficient (Wildman–Crippen LogP) is 4.52. The Hall–Kier alpha value is -2.21. The lowest BCUT2D eigenvalue weighted by Gasteiger charge is -2.22. The molecule has 0 amide bonds. The number of rotatable bonds is 3. The molecule has 4 rings (SSSR count). The lowest BCUT2D eigenvalue weighted by Crippen LogP contribution is -2.36. The van der Waals surface area contributed by atoms with Crippen LogP contribution in [-0.4, -0.2) is 18.2 Å². The van der Waals surface area contributed by atoms with Crippen LogP contribution in [0.25, 0.3) is 20.2 Å². The molecular formula is C19H14O3S2. The highest BCUT2D eigenvalue weighted by Gasteiger charge is 2.44. The normalized spacial score (nSPS) is 11.9. The number of thiophene rings is 2. The summed E-state index contributed by atoms with van der Waals surface area (Å²) in [6.07, 6.45) is 0. The van der Waals surface area contributed by atoms with Crippen molar-refractivity contribution in [2.45, 2.75) is 5.60 Å². The second kappa shape index (κ2) is 5.70. The van der Waals surface area contributed by atoms with Gasteiger partial charge in [0.15, 0.2) is 0 Å². The van der Waals surface area contributed by atoms with Crippen molar-refractivity contribution >= 4 is 48.8 Å². The number of ether oxygens (including phenoxy) is 1. The van der Waals surface area contributed by atoms with Crippen LogP contribution in [0.2, 0.25) is 0 Å². The van der Waals surface area contributed by atoms with Crippen molar-refractivity contribution < 1.29 is 14.6 Å². The van der Waals surface area contributed by atoms with Gasteiger partial charge in [0.05, 0.1) is 16.9 Å². The minimum absolute atomic E-state index is 0.571. The molecule has 5 heteroatoms. The second-order valence-corrected chi connectivity index (χ2v) is 7.67. The van der Waals surface area contributed by atoms with E-state index < -0.39 is 11.6 Å². The first-order valence-electron chi connectivity index (χ1n) is 7.42. The Morgan fingerprint density at radius 1 is 0.917 bits per heavy atom. The molecular weight excluding hydrogens is 340 g/mol. The number of benzene rings is 2. The standard InChI is InChI=1S/C19H14O3S2/c1-22-18(20)19(21,16-10-12-6-2-4-8-14(12)23-16)17-11-13-7-3-5-9-15(13)24-17/h2-11,21H,1H3. The van der Waals surface area contributed by atoms with Gasteiger partial charge in [0, 0.05) is 9.40 Å². The zero-order chi connectivity index (χ0) is 16.7. The summed E-state index contributed by atoms with van der Waals surface area (Å²) in [6.45, 7) is 0. The molecule has 0 aliphatic heterocycles. The monoisotopic (exact) mass is 354 g/mol. The third-order valence-corrected chi connectivity index (χ3v) is 6.49. The van der Waals surface area contributed by atoms with Gasteiger partial charge in [-0.05, 0) is 35.0 Å². The highest BCUT2D eigenvalue weighted by atomic mass is 32.1. The second-order valence-electron chi connectivity index (χ2n) is 5.50. The van der Waals surface area contributed by atoms with E-state index in [-0.39, 0.29) is 0 Å². The molecule has 120 valence electrons. The molecule has 0 unspecified atom stereocenters. The van der Waals surface area contributed by atoms with Gasteiger partial charge in [-0.25, -0.2) is 4.79 Å². The molecule has 0 atom stereocenters. The van der Waals surface area contributed by atoms with Crippen molar-refractivity contribution in [3.8, 4) is 0 Å². The molecule has 0 spiro atoms. The third kappa shape index (κ3) is 2.24. The Kier molecular flexibility index (Phi) is 3.64. The molecule has 2 aromatic heterocycles. The largest absolute Gasteiger partial charge is 0.466 e. The minimum atomic E-state index is -1.79. The lowest BCUT2D eigenvalue weighted by atomic mass is 9.99. The molecule has 24 heavy (non-hydrogen) atoms. The maximum absolute atomic E-state index is 12.5. The Balaban J connectivity index is 1.96. The Bertz CT molecular complexity index is 905. The number of methoxy groups -OCH3 is 1. The van der Waals surface area contributed by atoms with Crippen LogP contribution >= 0.6 is 22.7 Å². The lowest BCUT2D eigenvalue weighted by molar-refractivity contribution is -0.158. The van der Waals surface area contributed by atoms with Crippen LogP contribution in [0, 0.1) is 0 Å². The first kappa shape index (κ1) is 15.3. The van der Waals surface area contributed by atoms with E-state index in [1.807, 2.05) is 60.7 Å². The van der Waals surface area contributed by atoms with Crippen molar-refractivity contribution in [3.05, 3.63) is 70.4 Å². The van der Waals surface area contributed by atoms with Gasteiger partial charge in [0.2, 0.25) is 5.60 Å². The Labute approximate surface area is 146 Å². The van der Waals surface area contributed by atoms with Gasteiger partial charge in [0.25, 0.3) is 0 Å². The Morgan fingerprint density at radius 3 is 1.79 bits per heavy atom. The van der Waals surface area contributed by atoms with Crippen molar-refractivity contribution in [2.75, 3.05) is 7.11 Å². The van der Waals surface area contributed by atoms with E-state index >= 15 is 0 Å². The van der Waals surface area contributed by atoms with E-state index in [2.05, 4.69) is 0 Å². The molecule has 0 aliphatic carbocycles. The van der Waals surface area contributed by atoms with Crippen LogP contribution in [0.3, 0.4) is 0 Å². The van der Waals surface area contributed by atoms with Crippen LogP contribution in [0.15, 0.2) is 60.7 Å². The zero-order valence-electron chi connectivity index (χ0n) is 12.9.